The molecule has 0 aliphatic heterocycles. The van der Waals surface area contributed by atoms with E-state index in [1.807, 2.05) is 0 Å². The number of benzene rings is 2. The average molecular weight is 586 g/mol. The van der Waals surface area contributed by atoms with Crippen LogP contribution in [-0.4, -0.2) is 47.9 Å². The van der Waals surface area contributed by atoms with E-state index in [-0.39, 0.29) is 30.0 Å². The minimum Gasteiger partial charge on any atom is -0.493 e. The van der Waals surface area contributed by atoms with E-state index >= 15 is 0 Å². The van der Waals surface area contributed by atoms with Gasteiger partial charge >= 0.3 is 0 Å². The van der Waals surface area contributed by atoms with Crippen LogP contribution >= 0.6 is 0 Å². The highest BCUT2D eigenvalue weighted by molar-refractivity contribution is 7.91. The van der Waals surface area contributed by atoms with Crippen LogP contribution in [0.4, 0.5) is 0 Å². The summed E-state index contributed by atoms with van der Waals surface area (Å²) in [6, 6.07) is 16.8. The number of nitriles is 2. The summed E-state index contributed by atoms with van der Waals surface area (Å²) in [5.41, 5.74) is 1.10. The van der Waals surface area contributed by atoms with Crippen molar-refractivity contribution in [3.8, 4) is 29.1 Å². The fourth-order valence-electron chi connectivity index (χ4n) is 4.40. The van der Waals surface area contributed by atoms with E-state index in [9.17, 15) is 28.8 Å². The highest BCUT2D eigenvalue weighted by Crippen LogP contribution is 2.33. The largest absolute Gasteiger partial charge is 0.493 e. The van der Waals surface area contributed by atoms with Crippen LogP contribution in [0.15, 0.2) is 81.6 Å². The molecule has 2 aromatic heterocycles. The first-order chi connectivity index (χ1) is 20.1. The molecular weight excluding hydrogens is 558 g/mol. The van der Waals surface area contributed by atoms with Crippen molar-refractivity contribution in [1.82, 2.24) is 14.5 Å². The Morgan fingerprint density at radius 2 is 1.81 bits per heavy atom. The summed E-state index contributed by atoms with van der Waals surface area (Å²) < 4.78 is 39.9. The van der Waals surface area contributed by atoms with Crippen molar-refractivity contribution in [2.75, 3.05) is 13.7 Å². The highest BCUT2D eigenvalue weighted by atomic mass is 32.2. The maximum absolute atomic E-state index is 13.8. The summed E-state index contributed by atoms with van der Waals surface area (Å²) in [6.45, 7) is 3.29. The smallest absolute Gasteiger partial charge is 0.296 e. The summed E-state index contributed by atoms with van der Waals surface area (Å²) in [4.78, 5) is 20.1. The van der Waals surface area contributed by atoms with E-state index in [0.717, 1.165) is 0 Å². The van der Waals surface area contributed by atoms with Crippen LogP contribution in [0.3, 0.4) is 0 Å². The van der Waals surface area contributed by atoms with Crippen LogP contribution < -0.4 is 5.56 Å². The van der Waals surface area contributed by atoms with Gasteiger partial charge in [-0.2, -0.15) is 15.5 Å². The molecule has 11 nitrogen and oxygen atoms in total. The van der Waals surface area contributed by atoms with Crippen molar-refractivity contribution in [3.63, 3.8) is 0 Å². The van der Waals surface area contributed by atoms with Crippen LogP contribution in [0, 0.1) is 22.7 Å². The summed E-state index contributed by atoms with van der Waals surface area (Å²) >= 11 is 0. The fraction of sp³-hybridized carbons (Fsp3) is 0.233. The molecule has 0 saturated carbocycles. The van der Waals surface area contributed by atoms with Crippen LogP contribution in [0.1, 0.15) is 42.4 Å². The van der Waals surface area contributed by atoms with Gasteiger partial charge in [0.1, 0.15) is 12.4 Å². The molecule has 1 N–H and O–H groups in total. The Morgan fingerprint density at radius 3 is 2.45 bits per heavy atom. The molecule has 12 heteroatoms. The summed E-state index contributed by atoms with van der Waals surface area (Å²) in [6.07, 6.45) is 2.71. The molecule has 0 fully saturated rings. The standard InChI is InChI=1S/C30H27N5O6S/c1-19(2)41-18-27-34-29(36)28(30(37)35(27)26(17-40-3)22-6-4-5-20(13-22)14-31)42(38,39)24-9-7-21(8-10-24)25-16-33-12-11-23(25)15-32/h4-13,16,19,26,37H,17-18H2,1-3H3/t26-/m0/s1. The quantitative estimate of drug-likeness (QED) is 0.289. The zero-order chi connectivity index (χ0) is 30.4. The lowest BCUT2D eigenvalue weighted by Gasteiger charge is -2.26. The van der Waals surface area contributed by atoms with Crippen molar-refractivity contribution in [2.24, 2.45) is 0 Å². The van der Waals surface area contributed by atoms with Gasteiger partial charge in [-0.3, -0.25) is 14.3 Å². The number of pyridine rings is 1. The number of methoxy groups -OCH3 is 1. The third kappa shape index (κ3) is 6.06. The normalized spacial score (nSPS) is 12.0. The molecule has 1 atom stereocenters. The van der Waals surface area contributed by atoms with Gasteiger partial charge in [-0.15, -0.1) is 0 Å². The number of aromatic nitrogens is 3. The summed E-state index contributed by atoms with van der Waals surface area (Å²) in [5, 5.41) is 30.4. The fourth-order valence-corrected chi connectivity index (χ4v) is 5.75. The van der Waals surface area contributed by atoms with E-state index in [1.54, 1.807) is 44.2 Å². The number of hydrogen-bond acceptors (Lipinski definition) is 10. The molecule has 0 saturated heterocycles. The van der Waals surface area contributed by atoms with Crippen LogP contribution in [0.5, 0.6) is 5.88 Å². The van der Waals surface area contributed by atoms with Crippen LogP contribution in [-0.2, 0) is 25.9 Å². The lowest BCUT2D eigenvalue weighted by molar-refractivity contribution is 0.0554. The van der Waals surface area contributed by atoms with Gasteiger partial charge < -0.3 is 14.6 Å². The van der Waals surface area contributed by atoms with Gasteiger partial charge in [0.2, 0.25) is 15.7 Å². The zero-order valence-corrected chi connectivity index (χ0v) is 23.9. The number of nitrogens with zero attached hydrogens (tertiary/aromatic N) is 5. The predicted molar refractivity (Wildman–Crippen MR) is 151 cm³/mol. The molecule has 214 valence electrons. The van der Waals surface area contributed by atoms with Crippen LogP contribution in [0.25, 0.3) is 11.1 Å². The van der Waals surface area contributed by atoms with E-state index in [2.05, 4.69) is 22.1 Å². The number of aromatic hydroxyl groups is 1. The first-order valence-electron chi connectivity index (χ1n) is 12.8. The Hall–Kier alpha value is -4.88. The van der Waals surface area contributed by atoms with E-state index < -0.39 is 32.2 Å². The molecule has 0 unspecified atom stereocenters. The Balaban J connectivity index is 1.90. The predicted octanol–water partition coefficient (Wildman–Crippen LogP) is 3.75. The summed E-state index contributed by atoms with van der Waals surface area (Å²) in [7, 11) is -3.16. The van der Waals surface area contributed by atoms with Gasteiger partial charge in [0.15, 0.2) is 4.90 Å². The SMILES string of the molecule is COC[C@@H](c1cccc(C#N)c1)n1c(COC(C)C)nc(=O)c(S(=O)(=O)c2ccc(-c3cnccc3C#N)cc2)c1O. The van der Waals surface area contributed by atoms with Gasteiger partial charge in [0.05, 0.1) is 46.9 Å². The third-order valence-electron chi connectivity index (χ3n) is 6.40. The monoisotopic (exact) mass is 585 g/mol. The molecule has 0 aliphatic rings. The second kappa shape index (κ2) is 12.7. The zero-order valence-electron chi connectivity index (χ0n) is 23.1. The summed E-state index contributed by atoms with van der Waals surface area (Å²) in [5.74, 6) is -0.865. The maximum atomic E-state index is 13.8. The van der Waals surface area contributed by atoms with Crippen molar-refractivity contribution in [1.29, 1.82) is 10.5 Å². The highest BCUT2D eigenvalue weighted by Gasteiger charge is 2.32. The lowest BCUT2D eigenvalue weighted by Crippen LogP contribution is -2.29. The molecule has 0 bridgehead atoms. The van der Waals surface area contributed by atoms with E-state index in [4.69, 9.17) is 9.47 Å². The number of ether oxygens (including phenoxy) is 2. The van der Waals surface area contributed by atoms with Gasteiger partial charge in [-0.05, 0) is 55.3 Å². The Bertz CT molecular complexity index is 1860. The molecular formula is C30H27N5O6S. The van der Waals surface area contributed by atoms with Gasteiger partial charge in [-0.25, -0.2) is 8.42 Å². The molecule has 0 spiro atoms. The molecule has 42 heavy (non-hydrogen) atoms. The average Bonchev–Trinajstić information content (AvgIpc) is 2.99. The van der Waals surface area contributed by atoms with Crippen molar-refractivity contribution in [2.45, 2.75) is 42.4 Å². The number of sulfone groups is 1. The molecule has 0 radical (unpaired) electrons. The van der Waals surface area contributed by atoms with Crippen molar-refractivity contribution in [3.05, 3.63) is 99.9 Å². The second-order valence-electron chi connectivity index (χ2n) is 9.48. The number of hydrogen-bond donors (Lipinski definition) is 1. The minimum absolute atomic E-state index is 0.0227. The topological polar surface area (TPSA) is 168 Å². The van der Waals surface area contributed by atoms with Crippen LogP contribution in [0.2, 0.25) is 0 Å². The molecule has 2 aromatic carbocycles. The maximum Gasteiger partial charge on any atom is 0.296 e. The molecule has 4 aromatic rings. The lowest BCUT2D eigenvalue weighted by atomic mass is 10.0. The molecule has 0 amide bonds. The minimum atomic E-state index is -4.59. The van der Waals surface area contributed by atoms with Crippen molar-refractivity contribution >= 4 is 9.84 Å². The Morgan fingerprint density at radius 1 is 1.07 bits per heavy atom. The van der Waals surface area contributed by atoms with E-state index in [0.29, 0.717) is 27.8 Å². The molecule has 2 heterocycles. The third-order valence-corrected chi connectivity index (χ3v) is 8.19. The Kier molecular flexibility index (Phi) is 9.13. The van der Waals surface area contributed by atoms with E-state index in [1.165, 1.54) is 48.3 Å². The van der Waals surface area contributed by atoms with Gasteiger partial charge in [0.25, 0.3) is 5.56 Å². The molecule has 0 aliphatic carbocycles. The second-order valence-corrected chi connectivity index (χ2v) is 11.4. The van der Waals surface area contributed by atoms with Gasteiger partial charge in [0, 0.05) is 25.1 Å². The number of rotatable bonds is 10. The Labute approximate surface area is 242 Å². The van der Waals surface area contributed by atoms with Crippen molar-refractivity contribution < 1.29 is 23.0 Å². The van der Waals surface area contributed by atoms with Gasteiger partial charge in [-0.1, -0.05) is 24.3 Å². The molecule has 4 rings (SSSR count). The first kappa shape index (κ1) is 30.1. The first-order valence-corrected chi connectivity index (χ1v) is 14.2.